The molecule has 0 saturated carbocycles. The Balaban J connectivity index is 2.40. The number of rotatable bonds is 2. The van der Waals surface area contributed by atoms with E-state index in [9.17, 15) is 0 Å². The fraction of sp³-hybridized carbons (Fsp3) is 0.167. The van der Waals surface area contributed by atoms with Gasteiger partial charge >= 0.3 is 0 Å². The van der Waals surface area contributed by atoms with Crippen LogP contribution in [-0.4, -0.2) is 9.97 Å². The highest BCUT2D eigenvalue weighted by atomic mass is 35.5. The Morgan fingerprint density at radius 3 is 2.56 bits per heavy atom. The van der Waals surface area contributed by atoms with Crippen molar-refractivity contribution >= 4 is 28.9 Å². The first-order valence-corrected chi connectivity index (χ1v) is 5.96. The van der Waals surface area contributed by atoms with Crippen LogP contribution in [0, 0.1) is 13.8 Å². The van der Waals surface area contributed by atoms with Gasteiger partial charge in [0.25, 0.3) is 0 Å². The Morgan fingerprint density at radius 1 is 1.17 bits per heavy atom. The number of hydrogen-bond acceptors (Lipinski definition) is 4. The summed E-state index contributed by atoms with van der Waals surface area (Å²) in [5.74, 6) is 0.682. The summed E-state index contributed by atoms with van der Waals surface area (Å²) in [6.07, 6.45) is 0. The Labute approximate surface area is 115 Å². The van der Waals surface area contributed by atoms with Crippen LogP contribution in [-0.2, 0) is 0 Å². The Bertz CT molecular complexity index is 602. The highest BCUT2D eigenvalue weighted by Gasteiger charge is 2.11. The highest BCUT2D eigenvalue weighted by molar-refractivity contribution is 6.32. The third-order valence-electron chi connectivity index (χ3n) is 2.37. The largest absolute Gasteiger partial charge is 0.435 e. The maximum atomic E-state index is 6.07. The van der Waals surface area contributed by atoms with Crippen LogP contribution in [0.2, 0.25) is 10.3 Å². The summed E-state index contributed by atoms with van der Waals surface area (Å²) in [5, 5.41) is 0.571. The molecule has 0 amide bonds. The Morgan fingerprint density at radius 2 is 1.89 bits per heavy atom. The quantitative estimate of drug-likeness (QED) is 0.852. The number of benzene rings is 1. The minimum Gasteiger partial charge on any atom is -0.435 e. The molecule has 0 atom stereocenters. The van der Waals surface area contributed by atoms with E-state index in [1.807, 2.05) is 13.0 Å². The van der Waals surface area contributed by atoms with Crippen LogP contribution in [0.3, 0.4) is 0 Å². The van der Waals surface area contributed by atoms with E-state index in [-0.39, 0.29) is 11.2 Å². The molecule has 4 nitrogen and oxygen atoms in total. The van der Waals surface area contributed by atoms with Crippen molar-refractivity contribution in [3.8, 4) is 11.6 Å². The van der Waals surface area contributed by atoms with E-state index in [1.165, 1.54) is 0 Å². The van der Waals surface area contributed by atoms with Gasteiger partial charge in [0.1, 0.15) is 11.4 Å². The topological polar surface area (TPSA) is 61.0 Å². The van der Waals surface area contributed by atoms with Crippen molar-refractivity contribution in [1.29, 1.82) is 0 Å². The SMILES string of the molecule is Cc1ccc(Oc2nc(Cl)nc(C)c2N)c(Cl)c1. The van der Waals surface area contributed by atoms with Crippen molar-refractivity contribution in [2.24, 2.45) is 0 Å². The Kier molecular flexibility index (Phi) is 3.59. The number of nitrogen functional groups attached to an aromatic ring is 1. The number of aromatic nitrogens is 2. The standard InChI is InChI=1S/C12H11Cl2N3O/c1-6-3-4-9(8(13)5-6)18-11-10(15)7(2)16-12(14)17-11/h3-5H,15H2,1-2H3. The molecule has 0 radical (unpaired) electrons. The van der Waals surface area contributed by atoms with E-state index < -0.39 is 0 Å². The number of aryl methyl sites for hydroxylation is 2. The van der Waals surface area contributed by atoms with E-state index >= 15 is 0 Å². The number of ether oxygens (including phenoxy) is 1. The van der Waals surface area contributed by atoms with Crippen molar-refractivity contribution in [3.63, 3.8) is 0 Å². The van der Waals surface area contributed by atoms with Crippen molar-refractivity contribution in [2.75, 3.05) is 5.73 Å². The molecule has 1 heterocycles. The second-order valence-corrected chi connectivity index (χ2v) is 4.58. The molecule has 0 spiro atoms. The van der Waals surface area contributed by atoms with Gasteiger partial charge in [-0.25, -0.2) is 4.98 Å². The fourth-order valence-electron chi connectivity index (χ4n) is 1.39. The predicted molar refractivity (Wildman–Crippen MR) is 72.5 cm³/mol. The van der Waals surface area contributed by atoms with Crippen LogP contribution >= 0.6 is 23.2 Å². The number of halogens is 2. The molecule has 6 heteroatoms. The minimum absolute atomic E-state index is 0.0833. The molecule has 94 valence electrons. The first-order valence-electron chi connectivity index (χ1n) is 5.21. The van der Waals surface area contributed by atoms with Gasteiger partial charge in [-0.2, -0.15) is 4.98 Å². The van der Waals surface area contributed by atoms with Crippen LogP contribution in [0.5, 0.6) is 11.6 Å². The molecule has 0 aliphatic rings. The lowest BCUT2D eigenvalue weighted by Crippen LogP contribution is -2.01. The maximum Gasteiger partial charge on any atom is 0.247 e. The summed E-state index contributed by atoms with van der Waals surface area (Å²) in [6.45, 7) is 3.67. The molecule has 0 saturated heterocycles. The van der Waals surface area contributed by atoms with Crippen molar-refractivity contribution < 1.29 is 4.74 Å². The van der Waals surface area contributed by atoms with Gasteiger partial charge in [-0.1, -0.05) is 17.7 Å². The highest BCUT2D eigenvalue weighted by Crippen LogP contribution is 2.33. The van der Waals surface area contributed by atoms with E-state index in [0.29, 0.717) is 22.2 Å². The third-order valence-corrected chi connectivity index (χ3v) is 2.83. The normalized spacial score (nSPS) is 10.4. The van der Waals surface area contributed by atoms with Gasteiger partial charge in [0.05, 0.1) is 10.7 Å². The van der Waals surface area contributed by atoms with Crippen molar-refractivity contribution in [3.05, 3.63) is 39.8 Å². The molecule has 1 aromatic carbocycles. The van der Waals surface area contributed by atoms with Crippen molar-refractivity contribution in [2.45, 2.75) is 13.8 Å². The van der Waals surface area contributed by atoms with E-state index in [4.69, 9.17) is 33.7 Å². The van der Waals surface area contributed by atoms with Gasteiger partial charge < -0.3 is 10.5 Å². The summed E-state index contributed by atoms with van der Waals surface area (Å²) >= 11 is 11.8. The zero-order valence-corrected chi connectivity index (χ0v) is 11.4. The van der Waals surface area contributed by atoms with E-state index in [2.05, 4.69) is 9.97 Å². The molecule has 1 aromatic heterocycles. The van der Waals surface area contributed by atoms with E-state index in [0.717, 1.165) is 5.56 Å². The monoisotopic (exact) mass is 283 g/mol. The second kappa shape index (κ2) is 5.00. The van der Waals surface area contributed by atoms with Crippen LogP contribution in [0.1, 0.15) is 11.3 Å². The Hall–Kier alpha value is -1.52. The number of nitrogens with zero attached hydrogens (tertiary/aromatic N) is 2. The number of anilines is 1. The molecular formula is C12H11Cl2N3O. The first kappa shape index (κ1) is 12.9. The molecule has 2 rings (SSSR count). The van der Waals surface area contributed by atoms with Gasteiger partial charge in [0.2, 0.25) is 11.2 Å². The molecule has 0 aliphatic carbocycles. The smallest absolute Gasteiger partial charge is 0.247 e. The zero-order valence-electron chi connectivity index (χ0n) is 9.87. The zero-order chi connectivity index (χ0) is 13.3. The summed E-state index contributed by atoms with van der Waals surface area (Å²) in [5.41, 5.74) is 7.77. The molecule has 0 aliphatic heterocycles. The lowest BCUT2D eigenvalue weighted by molar-refractivity contribution is 0.464. The lowest BCUT2D eigenvalue weighted by Gasteiger charge is -2.10. The van der Waals surface area contributed by atoms with Crippen LogP contribution in [0.25, 0.3) is 0 Å². The van der Waals surface area contributed by atoms with Gasteiger partial charge in [0.15, 0.2) is 0 Å². The molecule has 0 unspecified atom stereocenters. The van der Waals surface area contributed by atoms with Gasteiger partial charge in [0, 0.05) is 0 Å². The maximum absolute atomic E-state index is 6.07. The summed E-state index contributed by atoms with van der Waals surface area (Å²) < 4.78 is 5.56. The molecule has 18 heavy (non-hydrogen) atoms. The number of hydrogen-bond donors (Lipinski definition) is 1. The van der Waals surface area contributed by atoms with Crippen LogP contribution in [0.4, 0.5) is 5.69 Å². The first-order chi connectivity index (χ1) is 8.47. The molecule has 0 bridgehead atoms. The molecule has 0 fully saturated rings. The lowest BCUT2D eigenvalue weighted by atomic mass is 10.2. The van der Waals surface area contributed by atoms with Crippen LogP contribution < -0.4 is 10.5 Å². The van der Waals surface area contributed by atoms with Gasteiger partial charge in [-0.15, -0.1) is 0 Å². The van der Waals surface area contributed by atoms with Gasteiger partial charge in [-0.3, -0.25) is 0 Å². The fourth-order valence-corrected chi connectivity index (χ4v) is 1.87. The van der Waals surface area contributed by atoms with Crippen LogP contribution in [0.15, 0.2) is 18.2 Å². The van der Waals surface area contributed by atoms with Crippen molar-refractivity contribution in [1.82, 2.24) is 9.97 Å². The average molecular weight is 284 g/mol. The third kappa shape index (κ3) is 2.66. The molecular weight excluding hydrogens is 273 g/mol. The minimum atomic E-state index is 0.0833. The van der Waals surface area contributed by atoms with E-state index in [1.54, 1.807) is 19.1 Å². The molecule has 2 N–H and O–H groups in total. The second-order valence-electron chi connectivity index (χ2n) is 3.83. The average Bonchev–Trinajstić information content (AvgIpc) is 2.29. The molecule has 2 aromatic rings. The summed E-state index contributed by atoms with van der Waals surface area (Å²) in [6, 6.07) is 5.43. The predicted octanol–water partition coefficient (Wildman–Crippen LogP) is 3.77. The van der Waals surface area contributed by atoms with Gasteiger partial charge in [-0.05, 0) is 43.1 Å². The number of nitrogens with two attached hydrogens (primary N) is 1. The summed E-state index contributed by atoms with van der Waals surface area (Å²) in [4.78, 5) is 7.87. The summed E-state index contributed by atoms with van der Waals surface area (Å²) in [7, 11) is 0.